The van der Waals surface area contributed by atoms with Gasteiger partial charge in [0.25, 0.3) is 0 Å². The van der Waals surface area contributed by atoms with Crippen LogP contribution in [0.25, 0.3) is 10.8 Å². The molecule has 0 bridgehead atoms. The molecule has 0 radical (unpaired) electrons. The van der Waals surface area contributed by atoms with E-state index in [1.165, 1.54) is 0 Å². The van der Waals surface area contributed by atoms with Gasteiger partial charge in [0.2, 0.25) is 5.91 Å². The number of hydrogen-bond donors (Lipinski definition) is 2. The van der Waals surface area contributed by atoms with E-state index in [1.54, 1.807) is 0 Å². The molecule has 2 N–H and O–H groups in total. The lowest BCUT2D eigenvalue weighted by molar-refractivity contribution is -0.141. The summed E-state index contributed by atoms with van der Waals surface area (Å²) in [4.78, 5) is 25.7. The molecule has 0 saturated carbocycles. The van der Waals surface area contributed by atoms with Crippen molar-refractivity contribution >= 4 is 22.6 Å². The molecule has 3 unspecified atom stereocenters. The average Bonchev–Trinajstić information content (AvgIpc) is 3.10. The van der Waals surface area contributed by atoms with Crippen LogP contribution in [-0.2, 0) is 9.59 Å². The topological polar surface area (TPSA) is 69.6 Å². The summed E-state index contributed by atoms with van der Waals surface area (Å²) in [6.07, 6.45) is 0.603. The quantitative estimate of drug-likeness (QED) is 0.878. The number of nitrogens with one attached hydrogen (secondary N) is 1. The fourth-order valence-corrected chi connectivity index (χ4v) is 3.55. The lowest BCUT2D eigenvalue weighted by Gasteiger charge is -2.25. The summed E-state index contributed by atoms with van der Waals surface area (Å²) in [7, 11) is 0. The Morgan fingerprint density at radius 3 is 2.60 bits per heavy atom. The number of carboxylic acids is 1. The molecule has 1 heterocycles. The molecular weight excluding hydrogens is 316 g/mol. The van der Waals surface area contributed by atoms with Gasteiger partial charge >= 0.3 is 5.97 Å². The van der Waals surface area contributed by atoms with Gasteiger partial charge in [0.15, 0.2) is 0 Å². The number of carbonyl (C=O) groups excluding carboxylic acids is 1. The third-order valence-electron chi connectivity index (χ3n) is 5.14. The van der Waals surface area contributed by atoms with Gasteiger partial charge in [-0.3, -0.25) is 14.5 Å². The lowest BCUT2D eigenvalue weighted by atomic mass is 9.99. The highest BCUT2D eigenvalue weighted by atomic mass is 16.4. The van der Waals surface area contributed by atoms with Crippen molar-refractivity contribution in [2.24, 2.45) is 5.92 Å². The number of carboxylic acid groups (broad SMARTS) is 1. The summed E-state index contributed by atoms with van der Waals surface area (Å²) in [5.74, 6) is -1.21. The fourth-order valence-electron chi connectivity index (χ4n) is 3.55. The highest BCUT2D eigenvalue weighted by Crippen LogP contribution is 2.25. The van der Waals surface area contributed by atoms with Crippen molar-refractivity contribution < 1.29 is 14.7 Å². The molecule has 1 aliphatic heterocycles. The Balaban J connectivity index is 1.69. The van der Waals surface area contributed by atoms with Gasteiger partial charge in [-0.2, -0.15) is 0 Å². The van der Waals surface area contributed by atoms with Crippen molar-refractivity contribution in [1.82, 2.24) is 10.2 Å². The van der Waals surface area contributed by atoms with Gasteiger partial charge in [0.05, 0.1) is 18.0 Å². The van der Waals surface area contributed by atoms with Crippen LogP contribution in [0.1, 0.15) is 31.9 Å². The first-order valence-electron chi connectivity index (χ1n) is 8.72. The van der Waals surface area contributed by atoms with Crippen molar-refractivity contribution in [3.05, 3.63) is 48.0 Å². The minimum atomic E-state index is -0.778. The van der Waals surface area contributed by atoms with Gasteiger partial charge in [-0.1, -0.05) is 42.5 Å². The van der Waals surface area contributed by atoms with Gasteiger partial charge < -0.3 is 10.4 Å². The zero-order valence-electron chi connectivity index (χ0n) is 14.6. The van der Waals surface area contributed by atoms with E-state index in [1.807, 2.05) is 43.0 Å². The lowest BCUT2D eigenvalue weighted by Crippen LogP contribution is -2.45. The van der Waals surface area contributed by atoms with E-state index in [0.717, 1.165) is 16.3 Å². The maximum absolute atomic E-state index is 12.6. The minimum absolute atomic E-state index is 0.0635. The number of likely N-dealkylation sites (tertiary alicyclic amines) is 1. The predicted octanol–water partition coefficient (Wildman–Crippen LogP) is 2.81. The predicted molar refractivity (Wildman–Crippen MR) is 97.3 cm³/mol. The smallest absolute Gasteiger partial charge is 0.307 e. The second-order valence-electron chi connectivity index (χ2n) is 6.79. The van der Waals surface area contributed by atoms with Gasteiger partial charge in [0, 0.05) is 6.54 Å². The third-order valence-corrected chi connectivity index (χ3v) is 5.14. The number of rotatable bonds is 5. The Hall–Kier alpha value is -2.40. The number of hydrogen-bond acceptors (Lipinski definition) is 3. The Morgan fingerprint density at radius 2 is 1.88 bits per heavy atom. The van der Waals surface area contributed by atoms with Gasteiger partial charge in [0.1, 0.15) is 0 Å². The highest BCUT2D eigenvalue weighted by molar-refractivity contribution is 5.87. The third kappa shape index (κ3) is 3.66. The van der Waals surface area contributed by atoms with Crippen LogP contribution in [0.5, 0.6) is 0 Å². The first kappa shape index (κ1) is 17.4. The summed E-state index contributed by atoms with van der Waals surface area (Å²) in [5.41, 5.74) is 1.09. The van der Waals surface area contributed by atoms with E-state index in [0.29, 0.717) is 19.5 Å². The summed E-state index contributed by atoms with van der Waals surface area (Å²) in [5, 5.41) is 14.5. The second-order valence-corrected chi connectivity index (χ2v) is 6.79. The van der Waals surface area contributed by atoms with E-state index in [9.17, 15) is 9.59 Å². The first-order valence-corrected chi connectivity index (χ1v) is 8.72. The molecular formula is C20H24N2O3. The molecule has 1 aliphatic rings. The maximum atomic E-state index is 12.6. The van der Waals surface area contributed by atoms with Crippen LogP contribution in [0.3, 0.4) is 0 Å². The van der Waals surface area contributed by atoms with Crippen LogP contribution < -0.4 is 5.32 Å². The molecule has 5 nitrogen and oxygen atoms in total. The summed E-state index contributed by atoms with van der Waals surface area (Å²) in [6, 6.07) is 13.8. The number of nitrogens with zero attached hydrogens (tertiary/aromatic N) is 1. The number of benzene rings is 2. The number of aliphatic carboxylic acids is 1. The molecule has 3 atom stereocenters. The molecule has 132 valence electrons. The Morgan fingerprint density at radius 1 is 1.16 bits per heavy atom. The van der Waals surface area contributed by atoms with Gasteiger partial charge in [-0.25, -0.2) is 0 Å². The van der Waals surface area contributed by atoms with Crippen molar-refractivity contribution in [2.75, 3.05) is 13.1 Å². The molecule has 2 aromatic carbocycles. The monoisotopic (exact) mass is 340 g/mol. The second kappa shape index (κ2) is 7.23. The van der Waals surface area contributed by atoms with E-state index in [-0.39, 0.29) is 23.9 Å². The molecule has 25 heavy (non-hydrogen) atoms. The summed E-state index contributed by atoms with van der Waals surface area (Å²) >= 11 is 0. The largest absolute Gasteiger partial charge is 0.481 e. The number of carbonyl (C=O) groups is 2. The normalized spacial score (nSPS) is 20.3. The molecule has 5 heteroatoms. The van der Waals surface area contributed by atoms with Gasteiger partial charge in [-0.15, -0.1) is 0 Å². The zero-order chi connectivity index (χ0) is 18.0. The number of amides is 1. The van der Waals surface area contributed by atoms with Crippen LogP contribution >= 0.6 is 0 Å². The Labute approximate surface area is 147 Å². The average molecular weight is 340 g/mol. The van der Waals surface area contributed by atoms with Crippen molar-refractivity contribution in [3.63, 3.8) is 0 Å². The van der Waals surface area contributed by atoms with E-state index in [4.69, 9.17) is 5.11 Å². The fraction of sp³-hybridized carbons (Fsp3) is 0.400. The van der Waals surface area contributed by atoms with Crippen molar-refractivity contribution in [3.8, 4) is 0 Å². The van der Waals surface area contributed by atoms with Crippen LogP contribution in [0, 0.1) is 5.92 Å². The molecule has 3 rings (SSSR count). The summed E-state index contributed by atoms with van der Waals surface area (Å²) < 4.78 is 0. The molecule has 0 aliphatic carbocycles. The molecule has 0 spiro atoms. The van der Waals surface area contributed by atoms with Crippen molar-refractivity contribution in [1.29, 1.82) is 0 Å². The van der Waals surface area contributed by atoms with Crippen LogP contribution in [-0.4, -0.2) is 41.0 Å². The first-order chi connectivity index (χ1) is 12.0. The van der Waals surface area contributed by atoms with E-state index in [2.05, 4.69) is 23.5 Å². The zero-order valence-corrected chi connectivity index (χ0v) is 14.6. The van der Waals surface area contributed by atoms with E-state index >= 15 is 0 Å². The minimum Gasteiger partial charge on any atom is -0.481 e. The number of fused-ring (bicyclic) bond motifs is 1. The molecule has 2 aromatic rings. The molecule has 1 fully saturated rings. The standard InChI is InChI=1S/C20H24N2O3/c1-13(17-9-5-7-15-6-3-4-8-18(15)17)21-19(23)14(2)22-11-10-16(12-22)20(24)25/h3-9,13-14,16H,10-12H2,1-2H3,(H,21,23)(H,24,25). The van der Waals surface area contributed by atoms with Gasteiger partial charge in [-0.05, 0) is 43.1 Å². The van der Waals surface area contributed by atoms with Crippen LogP contribution in [0.4, 0.5) is 0 Å². The van der Waals surface area contributed by atoms with E-state index < -0.39 is 5.97 Å². The van der Waals surface area contributed by atoms with Crippen LogP contribution in [0.15, 0.2) is 42.5 Å². The molecule has 1 amide bonds. The maximum Gasteiger partial charge on any atom is 0.307 e. The Kier molecular flexibility index (Phi) is 5.04. The van der Waals surface area contributed by atoms with Crippen LogP contribution in [0.2, 0.25) is 0 Å². The molecule has 0 aromatic heterocycles. The van der Waals surface area contributed by atoms with Crippen molar-refractivity contribution in [2.45, 2.75) is 32.4 Å². The Bertz CT molecular complexity index is 784. The molecule has 1 saturated heterocycles. The highest BCUT2D eigenvalue weighted by Gasteiger charge is 2.33. The summed E-state index contributed by atoms with van der Waals surface area (Å²) in [6.45, 7) is 4.91. The SMILES string of the molecule is CC(NC(=O)C(C)N1CCC(C(=O)O)C1)c1cccc2ccccc12.